The first-order chi connectivity index (χ1) is 10.2. The van der Waals surface area contributed by atoms with Gasteiger partial charge in [0.1, 0.15) is 0 Å². The van der Waals surface area contributed by atoms with E-state index in [-0.39, 0.29) is 5.91 Å². The molecule has 0 aliphatic carbocycles. The van der Waals surface area contributed by atoms with E-state index in [9.17, 15) is 4.79 Å². The molecule has 21 heavy (non-hydrogen) atoms. The fourth-order valence-corrected chi connectivity index (χ4v) is 1.86. The number of hydrogen-bond donors (Lipinski definition) is 2. The Morgan fingerprint density at radius 3 is 2.71 bits per heavy atom. The van der Waals surface area contributed by atoms with Crippen LogP contribution in [0, 0.1) is 0 Å². The monoisotopic (exact) mass is 294 g/mol. The van der Waals surface area contributed by atoms with Crippen molar-refractivity contribution in [1.29, 1.82) is 0 Å². The average Bonchev–Trinajstić information content (AvgIpc) is 2.48. The van der Waals surface area contributed by atoms with Gasteiger partial charge in [-0.25, -0.2) is 0 Å². The highest BCUT2D eigenvalue weighted by Gasteiger charge is 2.14. The Kier molecular flexibility index (Phi) is 8.28. The highest BCUT2D eigenvalue weighted by atomic mass is 16.5. The number of nitrogen functional groups attached to an aromatic ring is 1. The number of unbranched alkanes of at least 4 members (excludes halogenated alkanes) is 1. The normalized spacial score (nSPS) is 10.4. The molecule has 0 saturated heterocycles. The van der Waals surface area contributed by atoms with E-state index in [4.69, 9.17) is 15.2 Å². The summed E-state index contributed by atoms with van der Waals surface area (Å²) in [6.45, 7) is 6.49. The highest BCUT2D eigenvalue weighted by Crippen LogP contribution is 2.26. The molecule has 118 valence electrons. The van der Waals surface area contributed by atoms with Crippen molar-refractivity contribution in [2.24, 2.45) is 0 Å². The van der Waals surface area contributed by atoms with Crippen LogP contribution in [0.4, 0.5) is 5.69 Å². The van der Waals surface area contributed by atoms with Gasteiger partial charge in [-0.2, -0.15) is 0 Å². The summed E-state index contributed by atoms with van der Waals surface area (Å²) in [5.41, 5.74) is 6.80. The van der Waals surface area contributed by atoms with Crippen molar-refractivity contribution in [1.82, 2.24) is 5.32 Å². The molecule has 0 saturated carbocycles. The predicted octanol–water partition coefficient (Wildman–Crippen LogP) is 2.60. The van der Waals surface area contributed by atoms with Crippen molar-refractivity contribution < 1.29 is 14.3 Å². The lowest BCUT2D eigenvalue weighted by molar-refractivity contribution is 0.0937. The molecule has 0 atom stereocenters. The Hall–Kier alpha value is -1.75. The van der Waals surface area contributed by atoms with Gasteiger partial charge in [0.25, 0.3) is 5.91 Å². The number of anilines is 1. The largest absolute Gasteiger partial charge is 0.491 e. The number of nitrogens with one attached hydrogen (secondary N) is 1. The molecule has 0 aliphatic rings. The number of amides is 1. The molecule has 1 aromatic rings. The molecule has 0 unspecified atom stereocenters. The molecule has 0 aliphatic heterocycles. The average molecular weight is 294 g/mol. The second-order valence-corrected chi connectivity index (χ2v) is 4.73. The van der Waals surface area contributed by atoms with E-state index in [0.29, 0.717) is 36.8 Å². The quantitative estimate of drug-likeness (QED) is 0.514. The van der Waals surface area contributed by atoms with Crippen molar-refractivity contribution >= 4 is 11.6 Å². The number of ether oxygens (including phenoxy) is 2. The summed E-state index contributed by atoms with van der Waals surface area (Å²) in [6, 6.07) is 5.19. The topological polar surface area (TPSA) is 73.6 Å². The number of para-hydroxylation sites is 1. The van der Waals surface area contributed by atoms with Crippen molar-refractivity contribution in [3.05, 3.63) is 23.8 Å². The van der Waals surface area contributed by atoms with Crippen LogP contribution in [-0.2, 0) is 4.74 Å². The molecule has 1 rings (SSSR count). The van der Waals surface area contributed by atoms with E-state index in [1.165, 1.54) is 0 Å². The molecule has 0 fully saturated rings. The summed E-state index contributed by atoms with van der Waals surface area (Å²) in [5, 5.41) is 2.86. The second-order valence-electron chi connectivity index (χ2n) is 4.73. The SMILES string of the molecule is CCCCOCCCNC(=O)c1cccc(N)c1OCC. The smallest absolute Gasteiger partial charge is 0.255 e. The van der Waals surface area contributed by atoms with Crippen LogP contribution in [0.25, 0.3) is 0 Å². The molecule has 0 aromatic heterocycles. The van der Waals surface area contributed by atoms with E-state index in [1.54, 1.807) is 18.2 Å². The van der Waals surface area contributed by atoms with Gasteiger partial charge in [-0.05, 0) is 31.9 Å². The molecule has 5 nitrogen and oxygen atoms in total. The third-order valence-electron chi connectivity index (χ3n) is 2.97. The molecule has 1 amide bonds. The van der Waals surface area contributed by atoms with Crippen LogP contribution in [0.15, 0.2) is 18.2 Å². The van der Waals surface area contributed by atoms with E-state index < -0.39 is 0 Å². The first kappa shape index (κ1) is 17.3. The molecule has 3 N–H and O–H groups in total. The lowest BCUT2D eigenvalue weighted by Gasteiger charge is -2.12. The van der Waals surface area contributed by atoms with Gasteiger partial charge in [0.15, 0.2) is 5.75 Å². The number of carbonyl (C=O) groups excluding carboxylic acids is 1. The third kappa shape index (κ3) is 6.04. The van der Waals surface area contributed by atoms with E-state index >= 15 is 0 Å². The number of carbonyl (C=O) groups is 1. The maximum Gasteiger partial charge on any atom is 0.255 e. The van der Waals surface area contributed by atoms with Crippen molar-refractivity contribution in [3.8, 4) is 5.75 Å². The summed E-state index contributed by atoms with van der Waals surface area (Å²) in [6.07, 6.45) is 3.00. The van der Waals surface area contributed by atoms with Crippen molar-refractivity contribution in [3.63, 3.8) is 0 Å². The molecular formula is C16H26N2O3. The number of benzene rings is 1. The molecule has 0 spiro atoms. The fourth-order valence-electron chi connectivity index (χ4n) is 1.86. The number of rotatable bonds is 10. The van der Waals surface area contributed by atoms with Crippen LogP contribution in [0.3, 0.4) is 0 Å². The Labute approximate surface area is 126 Å². The van der Waals surface area contributed by atoms with Gasteiger partial charge >= 0.3 is 0 Å². The van der Waals surface area contributed by atoms with Gasteiger partial charge < -0.3 is 20.5 Å². The summed E-state index contributed by atoms with van der Waals surface area (Å²) in [7, 11) is 0. The molecule has 5 heteroatoms. The maximum absolute atomic E-state index is 12.1. The Morgan fingerprint density at radius 2 is 2.00 bits per heavy atom. The molecule has 0 radical (unpaired) electrons. The summed E-state index contributed by atoms with van der Waals surface area (Å²) in [4.78, 5) is 12.1. The van der Waals surface area contributed by atoms with E-state index in [2.05, 4.69) is 12.2 Å². The molecule has 1 aromatic carbocycles. The minimum atomic E-state index is -0.167. The second kappa shape index (κ2) is 10.0. The van der Waals surface area contributed by atoms with Crippen LogP contribution in [0.1, 0.15) is 43.5 Å². The van der Waals surface area contributed by atoms with Gasteiger partial charge in [0.05, 0.1) is 17.9 Å². The first-order valence-corrected chi connectivity index (χ1v) is 7.57. The predicted molar refractivity (Wildman–Crippen MR) is 84.7 cm³/mol. The van der Waals surface area contributed by atoms with Crippen LogP contribution in [0.5, 0.6) is 5.75 Å². The van der Waals surface area contributed by atoms with Crippen LogP contribution >= 0.6 is 0 Å². The first-order valence-electron chi connectivity index (χ1n) is 7.57. The highest BCUT2D eigenvalue weighted by molar-refractivity contribution is 5.98. The minimum Gasteiger partial charge on any atom is -0.491 e. The number of nitrogens with two attached hydrogens (primary N) is 1. The lowest BCUT2D eigenvalue weighted by atomic mass is 10.1. The molecule has 0 bridgehead atoms. The van der Waals surface area contributed by atoms with Gasteiger partial charge in [-0.1, -0.05) is 19.4 Å². The Balaban J connectivity index is 2.40. The van der Waals surface area contributed by atoms with Gasteiger partial charge in [-0.3, -0.25) is 4.79 Å². The summed E-state index contributed by atoms with van der Waals surface area (Å²) in [5.74, 6) is 0.288. The zero-order valence-corrected chi connectivity index (χ0v) is 13.0. The van der Waals surface area contributed by atoms with Gasteiger partial charge in [0, 0.05) is 19.8 Å². The van der Waals surface area contributed by atoms with Crippen LogP contribution < -0.4 is 15.8 Å². The zero-order valence-electron chi connectivity index (χ0n) is 13.0. The van der Waals surface area contributed by atoms with Gasteiger partial charge in [0.2, 0.25) is 0 Å². The maximum atomic E-state index is 12.1. The van der Waals surface area contributed by atoms with Crippen molar-refractivity contribution in [2.75, 3.05) is 32.1 Å². The fraction of sp³-hybridized carbons (Fsp3) is 0.562. The van der Waals surface area contributed by atoms with Gasteiger partial charge in [-0.15, -0.1) is 0 Å². The Bertz CT molecular complexity index is 436. The standard InChI is InChI=1S/C16H26N2O3/c1-3-5-11-20-12-7-10-18-16(19)13-8-6-9-14(17)15(13)21-4-2/h6,8-9H,3-5,7,10-12,17H2,1-2H3,(H,18,19). The zero-order chi connectivity index (χ0) is 15.5. The molecule has 0 heterocycles. The lowest BCUT2D eigenvalue weighted by Crippen LogP contribution is -2.26. The third-order valence-corrected chi connectivity index (χ3v) is 2.97. The van der Waals surface area contributed by atoms with Crippen LogP contribution in [0.2, 0.25) is 0 Å². The summed E-state index contributed by atoms with van der Waals surface area (Å²) >= 11 is 0. The Morgan fingerprint density at radius 1 is 1.24 bits per heavy atom. The number of hydrogen-bond acceptors (Lipinski definition) is 4. The minimum absolute atomic E-state index is 0.167. The molecular weight excluding hydrogens is 268 g/mol. The van der Waals surface area contributed by atoms with Crippen LogP contribution in [-0.4, -0.2) is 32.3 Å². The van der Waals surface area contributed by atoms with E-state index in [1.807, 2.05) is 6.92 Å². The van der Waals surface area contributed by atoms with Crippen molar-refractivity contribution in [2.45, 2.75) is 33.1 Å². The van der Waals surface area contributed by atoms with E-state index in [0.717, 1.165) is 25.9 Å². The summed E-state index contributed by atoms with van der Waals surface area (Å²) < 4.78 is 10.9.